The fraction of sp³-hybridized carbons (Fsp3) is 0.873. The van der Waals surface area contributed by atoms with Crippen molar-refractivity contribution in [2.75, 3.05) is 39.6 Å². The summed E-state index contributed by atoms with van der Waals surface area (Å²) in [5, 5.41) is 10.5. The number of ether oxygens (including phenoxy) is 4. The van der Waals surface area contributed by atoms with E-state index in [2.05, 4.69) is 58.9 Å². The van der Waals surface area contributed by atoms with Gasteiger partial charge in [-0.05, 0) is 57.3 Å². The van der Waals surface area contributed by atoms with E-state index >= 15 is 0 Å². The summed E-state index contributed by atoms with van der Waals surface area (Å²) < 4.78 is 67.8. The second kappa shape index (κ2) is 56.4. The maximum atomic E-state index is 13.0. The fourth-order valence-corrected chi connectivity index (χ4v) is 10.4. The Hall–Kier alpha value is -2.46. The average molecular weight is 1210 g/mol. The molecule has 0 aliphatic carbocycles. The standard InChI is InChI=1S/C63H118O17P2/c1-6-9-12-15-18-21-22-23-24-25-26-27-34-39-44-49-63(68)80-59(53-74-61(66)47-42-37-33-29-28-30-35-40-45-56(4)5)55-78-82(71,72)76-51-57(64)50-75-81(69,70)77-54-58(79-62(67)48-43-38-32-20-17-14-11-8-3)52-73-60(65)46-41-36-31-19-16-13-10-7-2/h21-24,56-59,64H,6-20,25-55H2,1-5H3,(H,69,70)(H,71,72)/b22-21-,24-23-/t57-,58+,59+/m0/s1. The third kappa shape index (κ3) is 56.7. The van der Waals surface area contributed by atoms with Crippen LogP contribution in [0.3, 0.4) is 0 Å². The number of allylic oxidation sites excluding steroid dienone is 4. The molecule has 5 atom stereocenters. The van der Waals surface area contributed by atoms with Gasteiger partial charge in [0, 0.05) is 25.7 Å². The van der Waals surface area contributed by atoms with Gasteiger partial charge >= 0.3 is 39.5 Å². The van der Waals surface area contributed by atoms with Gasteiger partial charge in [0.05, 0.1) is 26.4 Å². The number of phosphoric ester groups is 2. The molecule has 0 heterocycles. The summed E-state index contributed by atoms with van der Waals surface area (Å²) >= 11 is 0. The van der Waals surface area contributed by atoms with E-state index in [1.165, 1.54) is 83.5 Å². The van der Waals surface area contributed by atoms with Crippen molar-refractivity contribution in [2.24, 2.45) is 5.92 Å². The van der Waals surface area contributed by atoms with Crippen LogP contribution >= 0.6 is 15.6 Å². The zero-order valence-corrected chi connectivity index (χ0v) is 53.9. The van der Waals surface area contributed by atoms with E-state index in [4.69, 9.17) is 37.0 Å². The van der Waals surface area contributed by atoms with Gasteiger partial charge in [0.25, 0.3) is 0 Å². The lowest BCUT2D eigenvalue weighted by atomic mass is 10.0. The van der Waals surface area contributed by atoms with Crippen molar-refractivity contribution < 1.29 is 80.2 Å². The molecule has 17 nitrogen and oxygen atoms in total. The summed E-state index contributed by atoms with van der Waals surface area (Å²) in [6, 6.07) is 0. The van der Waals surface area contributed by atoms with Crippen LogP contribution in [0.25, 0.3) is 0 Å². The Balaban J connectivity index is 5.25. The van der Waals surface area contributed by atoms with E-state index in [-0.39, 0.29) is 25.7 Å². The number of esters is 4. The van der Waals surface area contributed by atoms with Gasteiger partial charge in [-0.25, -0.2) is 9.13 Å². The summed E-state index contributed by atoms with van der Waals surface area (Å²) in [5.74, 6) is -1.45. The molecule has 0 bridgehead atoms. The topological polar surface area (TPSA) is 237 Å². The molecule has 0 fully saturated rings. The van der Waals surface area contributed by atoms with Gasteiger partial charge < -0.3 is 33.8 Å². The van der Waals surface area contributed by atoms with Gasteiger partial charge in [-0.2, -0.15) is 0 Å². The number of carbonyl (C=O) groups excluding carboxylic acids is 4. The number of unbranched alkanes of at least 4 members (excludes halogenated alkanes) is 30. The molecule has 0 aromatic rings. The van der Waals surface area contributed by atoms with Crippen molar-refractivity contribution in [1.82, 2.24) is 0 Å². The van der Waals surface area contributed by atoms with Crippen LogP contribution in [-0.2, 0) is 65.4 Å². The smallest absolute Gasteiger partial charge is 0.462 e. The third-order valence-corrected chi connectivity index (χ3v) is 15.8. The summed E-state index contributed by atoms with van der Waals surface area (Å²) in [6.45, 7) is 7.03. The molecule has 0 saturated heterocycles. The highest BCUT2D eigenvalue weighted by atomic mass is 31.2. The minimum atomic E-state index is -4.95. The number of hydrogen-bond acceptors (Lipinski definition) is 15. The van der Waals surface area contributed by atoms with Gasteiger partial charge in [-0.3, -0.25) is 37.3 Å². The zero-order chi connectivity index (χ0) is 60.6. The normalized spacial score (nSPS) is 14.5. The van der Waals surface area contributed by atoms with Crippen LogP contribution in [0.2, 0.25) is 0 Å². The van der Waals surface area contributed by atoms with Crippen LogP contribution in [0.5, 0.6) is 0 Å². The van der Waals surface area contributed by atoms with Gasteiger partial charge in [0.1, 0.15) is 19.3 Å². The molecule has 0 rings (SSSR count). The van der Waals surface area contributed by atoms with E-state index in [0.29, 0.717) is 25.7 Å². The molecule has 0 aliphatic heterocycles. The molecular weight excluding hydrogens is 1090 g/mol. The first-order valence-electron chi connectivity index (χ1n) is 32.5. The summed E-state index contributed by atoms with van der Waals surface area (Å²) in [6.07, 6.45) is 42.7. The van der Waals surface area contributed by atoms with E-state index in [9.17, 15) is 43.2 Å². The highest BCUT2D eigenvalue weighted by Gasteiger charge is 2.30. The lowest BCUT2D eigenvalue weighted by Crippen LogP contribution is -2.30. The molecule has 0 aliphatic rings. The number of carbonyl (C=O) groups is 4. The molecule has 0 aromatic heterocycles. The Morgan fingerprint density at radius 3 is 1.00 bits per heavy atom. The maximum absolute atomic E-state index is 13.0. The molecule has 3 N–H and O–H groups in total. The van der Waals surface area contributed by atoms with Gasteiger partial charge in [0.15, 0.2) is 12.2 Å². The largest absolute Gasteiger partial charge is 0.472 e. The van der Waals surface area contributed by atoms with Crippen molar-refractivity contribution in [3.63, 3.8) is 0 Å². The van der Waals surface area contributed by atoms with E-state index in [0.717, 1.165) is 128 Å². The average Bonchev–Trinajstić information content (AvgIpc) is 3.45. The van der Waals surface area contributed by atoms with Crippen LogP contribution in [0.4, 0.5) is 0 Å². The maximum Gasteiger partial charge on any atom is 0.472 e. The van der Waals surface area contributed by atoms with Crippen LogP contribution in [0.1, 0.15) is 291 Å². The summed E-state index contributed by atoms with van der Waals surface area (Å²) in [7, 11) is -9.89. The van der Waals surface area contributed by atoms with Gasteiger partial charge in [-0.1, -0.05) is 239 Å². The molecule has 19 heteroatoms. The van der Waals surface area contributed by atoms with Crippen LogP contribution in [-0.4, -0.2) is 96.7 Å². The van der Waals surface area contributed by atoms with Crippen LogP contribution in [0, 0.1) is 5.92 Å². The predicted molar refractivity (Wildman–Crippen MR) is 326 cm³/mol. The Morgan fingerprint density at radius 2 is 0.659 bits per heavy atom. The third-order valence-electron chi connectivity index (χ3n) is 13.9. The number of hydrogen-bond donors (Lipinski definition) is 3. The Labute approximate surface area is 497 Å². The van der Waals surface area contributed by atoms with E-state index < -0.39 is 97.5 Å². The first-order chi connectivity index (χ1) is 39.5. The van der Waals surface area contributed by atoms with Crippen molar-refractivity contribution in [2.45, 2.75) is 310 Å². The molecule has 0 aromatic carbocycles. The van der Waals surface area contributed by atoms with Crippen LogP contribution < -0.4 is 0 Å². The second-order valence-electron chi connectivity index (χ2n) is 22.6. The lowest BCUT2D eigenvalue weighted by Gasteiger charge is -2.21. The predicted octanol–water partition coefficient (Wildman–Crippen LogP) is 17.0. The second-order valence-corrected chi connectivity index (χ2v) is 25.5. The molecule has 0 amide bonds. The minimum absolute atomic E-state index is 0.0844. The molecule has 482 valence electrons. The molecule has 2 unspecified atom stereocenters. The summed E-state index contributed by atoms with van der Waals surface area (Å²) in [4.78, 5) is 72.0. The first kappa shape index (κ1) is 79.5. The van der Waals surface area contributed by atoms with Gasteiger partial charge in [0.2, 0.25) is 0 Å². The molecule has 0 saturated carbocycles. The summed E-state index contributed by atoms with van der Waals surface area (Å²) in [5.41, 5.74) is 0. The SMILES string of the molecule is CCCCCC/C=C\C=C/CCCCCCCC(=O)O[C@H](COC(=O)CCCCCCCCCCC(C)C)COP(=O)(O)OC[C@@H](O)COP(=O)(O)OC[C@@H](COC(=O)CCCCCCCCCC)OC(=O)CCCCCCCCCC. The molecule has 0 radical (unpaired) electrons. The fourth-order valence-electron chi connectivity index (χ4n) is 8.87. The number of phosphoric acid groups is 2. The monoisotopic (exact) mass is 1210 g/mol. The molecule has 0 spiro atoms. The van der Waals surface area contributed by atoms with Crippen molar-refractivity contribution in [3.05, 3.63) is 24.3 Å². The van der Waals surface area contributed by atoms with E-state index in [1.54, 1.807) is 0 Å². The minimum Gasteiger partial charge on any atom is -0.462 e. The lowest BCUT2D eigenvalue weighted by molar-refractivity contribution is -0.161. The highest BCUT2D eigenvalue weighted by Crippen LogP contribution is 2.45. The molecule has 82 heavy (non-hydrogen) atoms. The van der Waals surface area contributed by atoms with Crippen molar-refractivity contribution in [1.29, 1.82) is 0 Å². The number of aliphatic hydroxyl groups is 1. The van der Waals surface area contributed by atoms with Gasteiger partial charge in [-0.15, -0.1) is 0 Å². The number of aliphatic hydroxyl groups excluding tert-OH is 1. The molecular formula is C63H118O17P2. The highest BCUT2D eigenvalue weighted by molar-refractivity contribution is 7.47. The van der Waals surface area contributed by atoms with Crippen molar-refractivity contribution in [3.8, 4) is 0 Å². The quantitative estimate of drug-likeness (QED) is 0.0169. The zero-order valence-electron chi connectivity index (χ0n) is 52.1. The first-order valence-corrected chi connectivity index (χ1v) is 35.4. The van der Waals surface area contributed by atoms with Crippen LogP contribution in [0.15, 0.2) is 24.3 Å². The number of rotatable bonds is 61. The Morgan fingerprint density at radius 1 is 0.378 bits per heavy atom. The Kier molecular flexibility index (Phi) is 54.7. The van der Waals surface area contributed by atoms with Crippen molar-refractivity contribution >= 4 is 39.5 Å². The van der Waals surface area contributed by atoms with E-state index in [1.807, 2.05) is 0 Å². The Bertz CT molecular complexity index is 1690.